The second kappa shape index (κ2) is 5.26. The predicted molar refractivity (Wildman–Crippen MR) is 73.4 cm³/mol. The van der Waals surface area contributed by atoms with Crippen molar-refractivity contribution in [3.05, 3.63) is 46.1 Å². The Bertz CT molecular complexity index is 633. The SMILES string of the molecule is N#CCc1cc(-c2ccc(Cl)c(Cl)c2)cnc1N. The van der Waals surface area contributed by atoms with Gasteiger partial charge in [-0.15, -0.1) is 0 Å². The number of hydrogen-bond donors (Lipinski definition) is 1. The van der Waals surface area contributed by atoms with Crippen LogP contribution >= 0.6 is 23.2 Å². The minimum atomic E-state index is 0.230. The first kappa shape index (κ1) is 12.7. The van der Waals surface area contributed by atoms with E-state index in [0.717, 1.165) is 11.1 Å². The van der Waals surface area contributed by atoms with Gasteiger partial charge in [0, 0.05) is 17.3 Å². The van der Waals surface area contributed by atoms with Crippen molar-refractivity contribution >= 4 is 29.0 Å². The van der Waals surface area contributed by atoms with Gasteiger partial charge in [-0.05, 0) is 23.8 Å². The van der Waals surface area contributed by atoms with E-state index in [-0.39, 0.29) is 6.42 Å². The van der Waals surface area contributed by atoms with Crippen molar-refractivity contribution in [2.24, 2.45) is 0 Å². The number of nitriles is 1. The Labute approximate surface area is 115 Å². The second-order valence-electron chi connectivity index (χ2n) is 3.73. The van der Waals surface area contributed by atoms with Gasteiger partial charge in [-0.1, -0.05) is 29.3 Å². The van der Waals surface area contributed by atoms with Crippen molar-refractivity contribution in [3.8, 4) is 17.2 Å². The van der Waals surface area contributed by atoms with E-state index < -0.39 is 0 Å². The van der Waals surface area contributed by atoms with E-state index in [9.17, 15) is 0 Å². The van der Waals surface area contributed by atoms with Gasteiger partial charge in [0.05, 0.1) is 22.5 Å². The largest absolute Gasteiger partial charge is 0.383 e. The number of anilines is 1. The van der Waals surface area contributed by atoms with Crippen LogP contribution in [0.5, 0.6) is 0 Å². The highest BCUT2D eigenvalue weighted by atomic mass is 35.5. The molecule has 0 unspecified atom stereocenters. The Hall–Kier alpha value is -1.76. The van der Waals surface area contributed by atoms with Crippen LogP contribution in [-0.2, 0) is 6.42 Å². The van der Waals surface area contributed by atoms with E-state index in [4.69, 9.17) is 34.2 Å². The van der Waals surface area contributed by atoms with Crippen molar-refractivity contribution < 1.29 is 0 Å². The van der Waals surface area contributed by atoms with Crippen LogP contribution in [0.2, 0.25) is 10.0 Å². The number of halogens is 2. The zero-order valence-electron chi connectivity index (χ0n) is 9.32. The highest BCUT2D eigenvalue weighted by Crippen LogP contribution is 2.29. The normalized spacial score (nSPS) is 10.1. The maximum atomic E-state index is 8.71. The van der Waals surface area contributed by atoms with E-state index in [1.165, 1.54) is 0 Å². The zero-order chi connectivity index (χ0) is 13.1. The molecular formula is C13H9Cl2N3. The first-order valence-electron chi connectivity index (χ1n) is 5.18. The van der Waals surface area contributed by atoms with E-state index in [0.29, 0.717) is 21.4 Å². The Kier molecular flexibility index (Phi) is 3.71. The van der Waals surface area contributed by atoms with Gasteiger partial charge in [0.2, 0.25) is 0 Å². The summed E-state index contributed by atoms with van der Waals surface area (Å²) in [7, 11) is 0. The van der Waals surface area contributed by atoms with Gasteiger partial charge in [0.25, 0.3) is 0 Å². The summed E-state index contributed by atoms with van der Waals surface area (Å²) in [5, 5.41) is 9.69. The number of nitrogens with two attached hydrogens (primary N) is 1. The summed E-state index contributed by atoms with van der Waals surface area (Å²) in [5.41, 5.74) is 8.15. The Morgan fingerprint density at radius 3 is 2.61 bits per heavy atom. The third-order valence-corrected chi connectivity index (χ3v) is 3.26. The maximum Gasteiger partial charge on any atom is 0.127 e. The van der Waals surface area contributed by atoms with E-state index in [2.05, 4.69) is 11.1 Å². The highest BCUT2D eigenvalue weighted by molar-refractivity contribution is 6.42. The molecule has 1 aromatic carbocycles. The molecule has 0 bridgehead atoms. The molecule has 0 fully saturated rings. The number of benzene rings is 1. The second-order valence-corrected chi connectivity index (χ2v) is 4.55. The number of nitrogen functional groups attached to an aromatic ring is 1. The molecule has 0 spiro atoms. The van der Waals surface area contributed by atoms with Crippen LogP contribution in [0.1, 0.15) is 5.56 Å². The zero-order valence-corrected chi connectivity index (χ0v) is 10.8. The summed E-state index contributed by atoms with van der Waals surface area (Å²) < 4.78 is 0. The quantitative estimate of drug-likeness (QED) is 0.910. The Balaban J connectivity index is 2.48. The monoisotopic (exact) mass is 277 g/mol. The van der Waals surface area contributed by atoms with Crippen molar-refractivity contribution in [2.45, 2.75) is 6.42 Å². The molecule has 0 atom stereocenters. The number of hydrogen-bond acceptors (Lipinski definition) is 3. The van der Waals surface area contributed by atoms with E-state index >= 15 is 0 Å². The van der Waals surface area contributed by atoms with Gasteiger partial charge in [-0.25, -0.2) is 4.98 Å². The molecule has 0 aliphatic heterocycles. The molecule has 0 saturated heterocycles. The molecule has 1 aromatic heterocycles. The first-order chi connectivity index (χ1) is 8.61. The molecule has 0 amide bonds. The minimum Gasteiger partial charge on any atom is -0.383 e. The van der Waals surface area contributed by atoms with Crippen molar-refractivity contribution in [2.75, 3.05) is 5.73 Å². The van der Waals surface area contributed by atoms with Crippen LogP contribution in [0, 0.1) is 11.3 Å². The molecular weight excluding hydrogens is 269 g/mol. The van der Waals surface area contributed by atoms with Crippen LogP contribution in [0.3, 0.4) is 0 Å². The molecule has 0 aliphatic rings. The van der Waals surface area contributed by atoms with Crippen LogP contribution in [0.4, 0.5) is 5.82 Å². The number of rotatable bonds is 2. The predicted octanol–water partition coefficient (Wildman–Crippen LogP) is 3.70. The molecule has 0 radical (unpaired) electrons. The smallest absolute Gasteiger partial charge is 0.127 e. The molecule has 2 aromatic rings. The number of pyridine rings is 1. The van der Waals surface area contributed by atoms with Gasteiger partial charge in [-0.3, -0.25) is 0 Å². The third-order valence-electron chi connectivity index (χ3n) is 2.52. The molecule has 2 N–H and O–H groups in total. The molecule has 1 heterocycles. The summed E-state index contributed by atoms with van der Waals surface area (Å²) in [4.78, 5) is 4.08. The first-order valence-corrected chi connectivity index (χ1v) is 5.94. The fraction of sp³-hybridized carbons (Fsp3) is 0.0769. The van der Waals surface area contributed by atoms with E-state index in [1.54, 1.807) is 18.3 Å². The van der Waals surface area contributed by atoms with Crippen molar-refractivity contribution in [3.63, 3.8) is 0 Å². The highest BCUT2D eigenvalue weighted by Gasteiger charge is 2.06. The fourth-order valence-corrected chi connectivity index (χ4v) is 1.88. The average molecular weight is 278 g/mol. The molecule has 2 rings (SSSR count). The standard InChI is InChI=1S/C13H9Cl2N3/c14-11-2-1-8(6-12(11)15)10-5-9(3-4-16)13(17)18-7-10/h1-2,5-7H,3H2,(H2,17,18). The molecule has 90 valence electrons. The maximum absolute atomic E-state index is 8.71. The van der Waals surface area contributed by atoms with Gasteiger partial charge < -0.3 is 5.73 Å². The molecule has 0 aliphatic carbocycles. The molecule has 5 heteroatoms. The van der Waals surface area contributed by atoms with Crippen molar-refractivity contribution in [1.29, 1.82) is 5.26 Å². The summed E-state index contributed by atoms with van der Waals surface area (Å²) in [6.45, 7) is 0. The van der Waals surface area contributed by atoms with Gasteiger partial charge in [0.1, 0.15) is 5.82 Å². The lowest BCUT2D eigenvalue weighted by atomic mass is 10.0. The number of nitrogens with zero attached hydrogens (tertiary/aromatic N) is 2. The van der Waals surface area contributed by atoms with Gasteiger partial charge in [-0.2, -0.15) is 5.26 Å². The summed E-state index contributed by atoms with van der Waals surface area (Å²) in [6, 6.07) is 9.22. The Morgan fingerprint density at radius 2 is 1.94 bits per heavy atom. The van der Waals surface area contributed by atoms with Gasteiger partial charge in [0.15, 0.2) is 0 Å². The topological polar surface area (TPSA) is 62.7 Å². The fourth-order valence-electron chi connectivity index (χ4n) is 1.58. The van der Waals surface area contributed by atoms with Gasteiger partial charge >= 0.3 is 0 Å². The van der Waals surface area contributed by atoms with Crippen LogP contribution in [0.15, 0.2) is 30.5 Å². The summed E-state index contributed by atoms with van der Waals surface area (Å²) in [6.07, 6.45) is 1.88. The lowest BCUT2D eigenvalue weighted by molar-refractivity contribution is 1.20. The lowest BCUT2D eigenvalue weighted by Crippen LogP contribution is -1.97. The average Bonchev–Trinajstić information content (AvgIpc) is 2.36. The molecule has 3 nitrogen and oxygen atoms in total. The number of aromatic nitrogens is 1. The van der Waals surface area contributed by atoms with Crippen LogP contribution in [0.25, 0.3) is 11.1 Å². The minimum absolute atomic E-state index is 0.230. The molecule has 18 heavy (non-hydrogen) atoms. The summed E-state index contributed by atoms with van der Waals surface area (Å²) >= 11 is 11.8. The third kappa shape index (κ3) is 2.56. The lowest BCUT2D eigenvalue weighted by Gasteiger charge is -2.06. The Morgan fingerprint density at radius 1 is 1.17 bits per heavy atom. The van der Waals surface area contributed by atoms with Crippen LogP contribution < -0.4 is 5.73 Å². The molecule has 0 saturated carbocycles. The summed E-state index contributed by atoms with van der Waals surface area (Å²) in [5.74, 6) is 0.375. The van der Waals surface area contributed by atoms with E-state index in [1.807, 2.05) is 12.1 Å². The van der Waals surface area contributed by atoms with Crippen molar-refractivity contribution in [1.82, 2.24) is 4.98 Å². The van der Waals surface area contributed by atoms with Crippen LogP contribution in [-0.4, -0.2) is 4.98 Å².